The number of piperazine rings is 1. The summed E-state index contributed by atoms with van der Waals surface area (Å²) >= 11 is 0. The van der Waals surface area contributed by atoms with Crippen molar-refractivity contribution in [3.8, 4) is 17.1 Å². The van der Waals surface area contributed by atoms with Gasteiger partial charge in [-0.1, -0.05) is 29.4 Å². The molecule has 1 aromatic heterocycles. The first-order valence-corrected chi connectivity index (χ1v) is 10.5. The van der Waals surface area contributed by atoms with Gasteiger partial charge in [-0.25, -0.2) is 0 Å². The molecule has 0 radical (unpaired) electrons. The average molecular weight is 460 g/mol. The standard InChI is InChI=1S/C23H23F3N4O3/c1-14-5-3-8-18(19(14)31)22(32)30-11-9-29(10-12-30)15(2)21-27-20(28-33-21)16-6-4-7-17(13-16)23(24,25)26/h3-8,13,15,31H,9-12H2,1-2H3. The molecule has 10 heteroatoms. The first-order chi connectivity index (χ1) is 15.6. The Morgan fingerprint density at radius 3 is 2.52 bits per heavy atom. The third-order valence-electron chi connectivity index (χ3n) is 5.86. The lowest BCUT2D eigenvalue weighted by molar-refractivity contribution is -0.137. The number of hydrogen-bond donors (Lipinski definition) is 1. The molecule has 2 heterocycles. The molecule has 33 heavy (non-hydrogen) atoms. The zero-order valence-electron chi connectivity index (χ0n) is 18.1. The van der Waals surface area contributed by atoms with Gasteiger partial charge in [0.2, 0.25) is 11.7 Å². The second-order valence-electron chi connectivity index (χ2n) is 8.01. The monoisotopic (exact) mass is 460 g/mol. The van der Waals surface area contributed by atoms with Gasteiger partial charge >= 0.3 is 6.18 Å². The zero-order chi connectivity index (χ0) is 23.8. The topological polar surface area (TPSA) is 82.7 Å². The first-order valence-electron chi connectivity index (χ1n) is 10.5. The Balaban J connectivity index is 1.42. The molecule has 1 unspecified atom stereocenters. The van der Waals surface area contributed by atoms with Crippen LogP contribution in [0.25, 0.3) is 11.4 Å². The minimum Gasteiger partial charge on any atom is -0.507 e. The van der Waals surface area contributed by atoms with Crippen molar-refractivity contribution in [1.29, 1.82) is 0 Å². The Bertz CT molecular complexity index is 1150. The van der Waals surface area contributed by atoms with Crippen LogP contribution >= 0.6 is 0 Å². The quantitative estimate of drug-likeness (QED) is 0.626. The second kappa shape index (κ2) is 8.86. The summed E-state index contributed by atoms with van der Waals surface area (Å²) in [5.41, 5.74) is 0.362. The molecule has 1 N–H and O–H groups in total. The molecular weight excluding hydrogens is 437 g/mol. The predicted molar refractivity (Wildman–Crippen MR) is 113 cm³/mol. The van der Waals surface area contributed by atoms with Crippen molar-refractivity contribution < 1.29 is 27.6 Å². The van der Waals surface area contributed by atoms with Crippen LogP contribution in [0.1, 0.15) is 40.3 Å². The van der Waals surface area contributed by atoms with Crippen molar-refractivity contribution >= 4 is 5.91 Å². The van der Waals surface area contributed by atoms with Gasteiger partial charge in [-0.05, 0) is 37.6 Å². The number of nitrogens with zero attached hydrogens (tertiary/aromatic N) is 4. The van der Waals surface area contributed by atoms with E-state index in [9.17, 15) is 23.1 Å². The fourth-order valence-electron chi connectivity index (χ4n) is 3.83. The summed E-state index contributed by atoms with van der Waals surface area (Å²) in [5.74, 6) is 0.143. The number of carbonyl (C=O) groups is 1. The summed E-state index contributed by atoms with van der Waals surface area (Å²) in [6, 6.07) is 9.59. The van der Waals surface area contributed by atoms with Gasteiger partial charge in [0.1, 0.15) is 5.75 Å². The van der Waals surface area contributed by atoms with Gasteiger partial charge in [-0.2, -0.15) is 18.2 Å². The van der Waals surface area contributed by atoms with Crippen molar-refractivity contribution in [2.45, 2.75) is 26.1 Å². The Kier molecular flexibility index (Phi) is 6.11. The fraction of sp³-hybridized carbons (Fsp3) is 0.348. The van der Waals surface area contributed by atoms with Crippen LogP contribution in [0.2, 0.25) is 0 Å². The number of hydrogen-bond acceptors (Lipinski definition) is 6. The van der Waals surface area contributed by atoms with E-state index in [0.29, 0.717) is 37.6 Å². The van der Waals surface area contributed by atoms with Crippen LogP contribution in [0, 0.1) is 6.92 Å². The van der Waals surface area contributed by atoms with E-state index in [-0.39, 0.29) is 34.6 Å². The molecule has 4 rings (SSSR count). The van der Waals surface area contributed by atoms with Crippen LogP contribution in [0.15, 0.2) is 47.0 Å². The molecular formula is C23H23F3N4O3. The number of alkyl halides is 3. The van der Waals surface area contributed by atoms with Gasteiger partial charge in [-0.3, -0.25) is 9.69 Å². The van der Waals surface area contributed by atoms with Gasteiger partial charge in [0.15, 0.2) is 0 Å². The third-order valence-corrected chi connectivity index (χ3v) is 5.86. The van der Waals surface area contributed by atoms with Crippen LogP contribution in [-0.2, 0) is 6.18 Å². The highest BCUT2D eigenvalue weighted by Gasteiger charge is 2.32. The lowest BCUT2D eigenvalue weighted by Crippen LogP contribution is -2.49. The molecule has 0 saturated carbocycles. The van der Waals surface area contributed by atoms with Crippen LogP contribution in [0.5, 0.6) is 5.75 Å². The summed E-state index contributed by atoms with van der Waals surface area (Å²) in [6.07, 6.45) is -4.46. The molecule has 1 aliphatic heterocycles. The molecule has 174 valence electrons. The van der Waals surface area contributed by atoms with Crippen molar-refractivity contribution in [1.82, 2.24) is 19.9 Å². The molecule has 0 aliphatic carbocycles. The highest BCUT2D eigenvalue weighted by Crippen LogP contribution is 2.32. The number of halogens is 3. The number of para-hydroxylation sites is 1. The number of phenols is 1. The van der Waals surface area contributed by atoms with E-state index in [4.69, 9.17) is 4.52 Å². The third kappa shape index (κ3) is 4.70. The van der Waals surface area contributed by atoms with Crippen LogP contribution < -0.4 is 0 Å². The molecule has 0 bridgehead atoms. The van der Waals surface area contributed by atoms with Gasteiger partial charge in [-0.15, -0.1) is 0 Å². The van der Waals surface area contributed by atoms with Crippen LogP contribution in [0.4, 0.5) is 13.2 Å². The SMILES string of the molecule is Cc1cccc(C(=O)N2CCN(C(C)c3nc(-c4cccc(C(F)(F)F)c4)no3)CC2)c1O. The fourth-order valence-corrected chi connectivity index (χ4v) is 3.83. The molecule has 1 amide bonds. The number of carbonyl (C=O) groups excluding carboxylic acids is 1. The lowest BCUT2D eigenvalue weighted by atomic mass is 10.1. The van der Waals surface area contributed by atoms with Gasteiger partial charge in [0.05, 0.1) is 17.2 Å². The summed E-state index contributed by atoms with van der Waals surface area (Å²) in [6.45, 7) is 5.59. The van der Waals surface area contributed by atoms with E-state index in [1.54, 1.807) is 30.0 Å². The van der Waals surface area contributed by atoms with E-state index in [1.165, 1.54) is 12.1 Å². The highest BCUT2D eigenvalue weighted by atomic mass is 19.4. The number of amides is 1. The maximum atomic E-state index is 13.0. The summed E-state index contributed by atoms with van der Waals surface area (Å²) in [4.78, 5) is 20.8. The van der Waals surface area contributed by atoms with Crippen molar-refractivity contribution in [2.75, 3.05) is 26.2 Å². The van der Waals surface area contributed by atoms with Crippen molar-refractivity contribution in [2.24, 2.45) is 0 Å². The van der Waals surface area contributed by atoms with Crippen molar-refractivity contribution in [3.05, 3.63) is 65.0 Å². The van der Waals surface area contributed by atoms with Crippen LogP contribution in [0.3, 0.4) is 0 Å². The number of aromatic hydroxyl groups is 1. The zero-order valence-corrected chi connectivity index (χ0v) is 18.1. The largest absolute Gasteiger partial charge is 0.507 e. The van der Waals surface area contributed by atoms with E-state index in [0.717, 1.165) is 12.1 Å². The number of aromatic nitrogens is 2. The van der Waals surface area contributed by atoms with Crippen LogP contribution in [-0.4, -0.2) is 57.1 Å². The molecule has 0 spiro atoms. The number of benzene rings is 2. The number of aryl methyl sites for hydroxylation is 1. The van der Waals surface area contributed by atoms with Gasteiger partial charge < -0.3 is 14.5 Å². The number of rotatable bonds is 4. The maximum absolute atomic E-state index is 13.0. The van der Waals surface area contributed by atoms with Gasteiger partial charge in [0, 0.05) is 31.7 Å². The highest BCUT2D eigenvalue weighted by molar-refractivity contribution is 5.97. The van der Waals surface area contributed by atoms with E-state index < -0.39 is 11.7 Å². The summed E-state index contributed by atoms with van der Waals surface area (Å²) < 4.78 is 44.3. The Morgan fingerprint density at radius 2 is 1.82 bits per heavy atom. The smallest absolute Gasteiger partial charge is 0.416 e. The van der Waals surface area contributed by atoms with E-state index >= 15 is 0 Å². The van der Waals surface area contributed by atoms with E-state index in [1.807, 2.05) is 6.92 Å². The minimum absolute atomic E-state index is 0.00807. The molecule has 1 atom stereocenters. The molecule has 2 aromatic carbocycles. The maximum Gasteiger partial charge on any atom is 0.416 e. The molecule has 1 saturated heterocycles. The number of phenolic OH excluding ortho intramolecular Hbond substituents is 1. The predicted octanol–water partition coefficient (Wildman–Crippen LogP) is 4.29. The minimum atomic E-state index is -4.46. The van der Waals surface area contributed by atoms with Gasteiger partial charge in [0.25, 0.3) is 5.91 Å². The molecule has 3 aromatic rings. The van der Waals surface area contributed by atoms with E-state index in [2.05, 4.69) is 15.0 Å². The molecule has 1 fully saturated rings. The normalized spacial score (nSPS) is 16.1. The summed E-state index contributed by atoms with van der Waals surface area (Å²) in [7, 11) is 0. The second-order valence-corrected chi connectivity index (χ2v) is 8.01. The molecule has 1 aliphatic rings. The molecule has 7 nitrogen and oxygen atoms in total. The Morgan fingerprint density at radius 1 is 1.12 bits per heavy atom. The average Bonchev–Trinajstić information content (AvgIpc) is 3.30. The Labute approximate surface area is 188 Å². The first kappa shape index (κ1) is 22.8. The summed E-state index contributed by atoms with van der Waals surface area (Å²) in [5, 5.41) is 14.1. The Hall–Kier alpha value is -3.40. The lowest BCUT2D eigenvalue weighted by Gasteiger charge is -2.36. The van der Waals surface area contributed by atoms with Crippen molar-refractivity contribution in [3.63, 3.8) is 0 Å².